The van der Waals surface area contributed by atoms with Crippen molar-refractivity contribution >= 4 is 28.9 Å². The number of nitrogens with zero attached hydrogens (tertiary/aromatic N) is 1. The average molecular weight is 575 g/mol. The summed E-state index contributed by atoms with van der Waals surface area (Å²) in [7, 11) is 3.01. The van der Waals surface area contributed by atoms with Crippen LogP contribution < -0.4 is 24.4 Å². The molecule has 1 N–H and O–H groups in total. The third-order valence-corrected chi connectivity index (χ3v) is 6.75. The van der Waals surface area contributed by atoms with Gasteiger partial charge in [-0.15, -0.1) is 0 Å². The first-order chi connectivity index (χ1) is 20.9. The number of carbonyl (C=O) groups is 2. The van der Waals surface area contributed by atoms with Gasteiger partial charge in [-0.25, -0.2) is 10.2 Å². The molecule has 0 aromatic heterocycles. The van der Waals surface area contributed by atoms with Crippen LogP contribution in [0.1, 0.15) is 37.4 Å². The molecule has 0 bridgehead atoms. The van der Waals surface area contributed by atoms with E-state index in [0.717, 1.165) is 16.3 Å². The predicted octanol–water partition coefficient (Wildman–Crippen LogP) is 6.73. The summed E-state index contributed by atoms with van der Waals surface area (Å²) in [5.41, 5.74) is 6.04. The monoisotopic (exact) mass is 574 g/mol. The molecular formula is C35H30N2O6. The Morgan fingerprint density at radius 3 is 2.21 bits per heavy atom. The number of fused-ring (bicyclic) bond motifs is 1. The third kappa shape index (κ3) is 7.00. The van der Waals surface area contributed by atoms with E-state index in [0.29, 0.717) is 35.0 Å². The molecule has 8 heteroatoms. The zero-order chi connectivity index (χ0) is 30.2. The predicted molar refractivity (Wildman–Crippen MR) is 165 cm³/mol. The van der Waals surface area contributed by atoms with Crippen molar-refractivity contribution in [2.75, 3.05) is 14.2 Å². The van der Waals surface area contributed by atoms with E-state index < -0.39 is 11.9 Å². The number of hydrazone groups is 1. The Morgan fingerprint density at radius 2 is 1.47 bits per heavy atom. The molecule has 0 atom stereocenters. The lowest BCUT2D eigenvalue weighted by molar-refractivity contribution is 0.0734. The molecule has 1 amide bonds. The van der Waals surface area contributed by atoms with Crippen LogP contribution in [0.2, 0.25) is 0 Å². The number of rotatable bonds is 10. The van der Waals surface area contributed by atoms with E-state index in [2.05, 4.69) is 10.5 Å². The van der Waals surface area contributed by atoms with Crippen LogP contribution >= 0.6 is 0 Å². The lowest BCUT2D eigenvalue weighted by Crippen LogP contribution is -2.17. The fraction of sp³-hybridized carbons (Fsp3) is 0.114. The van der Waals surface area contributed by atoms with E-state index in [9.17, 15) is 9.59 Å². The van der Waals surface area contributed by atoms with E-state index >= 15 is 0 Å². The minimum absolute atomic E-state index is 0.284. The fourth-order valence-corrected chi connectivity index (χ4v) is 4.39. The third-order valence-electron chi connectivity index (χ3n) is 6.75. The number of amides is 1. The molecule has 0 radical (unpaired) electrons. The Kier molecular flexibility index (Phi) is 8.97. The standard InChI is InChI=1S/C35H30N2O6/c1-23-8-10-24(11-9-23)22-42-28-16-12-26(13-17-28)34(38)37-36-21-30-29-7-5-4-6-25(29)14-18-31(30)43-35(39)27-15-19-32(40-2)33(20-27)41-3/h4-21H,22H2,1-3H3,(H,37,38)/b36-21-. The van der Waals surface area contributed by atoms with Crippen molar-refractivity contribution in [3.05, 3.63) is 131 Å². The summed E-state index contributed by atoms with van der Waals surface area (Å²) in [6.07, 6.45) is 1.47. The Balaban J connectivity index is 1.29. The lowest BCUT2D eigenvalue weighted by atomic mass is 10.0. The molecule has 0 saturated heterocycles. The van der Waals surface area contributed by atoms with Crippen molar-refractivity contribution < 1.29 is 28.5 Å². The van der Waals surface area contributed by atoms with Crippen molar-refractivity contribution in [3.63, 3.8) is 0 Å². The van der Waals surface area contributed by atoms with Gasteiger partial charge in [0.15, 0.2) is 11.5 Å². The van der Waals surface area contributed by atoms with E-state index in [1.54, 1.807) is 48.5 Å². The van der Waals surface area contributed by atoms with Crippen LogP contribution in [0.15, 0.2) is 108 Å². The molecule has 216 valence electrons. The second-order valence-corrected chi connectivity index (χ2v) is 9.66. The van der Waals surface area contributed by atoms with Crippen molar-refractivity contribution in [3.8, 4) is 23.0 Å². The highest BCUT2D eigenvalue weighted by molar-refractivity contribution is 6.04. The van der Waals surface area contributed by atoms with Gasteiger partial charge >= 0.3 is 5.97 Å². The summed E-state index contributed by atoms with van der Waals surface area (Å²) in [6.45, 7) is 2.47. The molecule has 5 rings (SSSR count). The summed E-state index contributed by atoms with van der Waals surface area (Å²) in [5, 5.41) is 5.90. The second-order valence-electron chi connectivity index (χ2n) is 9.66. The minimum atomic E-state index is -0.584. The second kappa shape index (κ2) is 13.4. The normalized spacial score (nSPS) is 10.9. The van der Waals surface area contributed by atoms with Crippen LogP contribution in [0.5, 0.6) is 23.0 Å². The average Bonchev–Trinajstić information content (AvgIpc) is 3.05. The highest BCUT2D eigenvalue weighted by Crippen LogP contribution is 2.30. The number of aryl methyl sites for hydroxylation is 1. The lowest BCUT2D eigenvalue weighted by Gasteiger charge is -2.12. The number of esters is 1. The number of benzene rings is 5. The summed E-state index contributed by atoms with van der Waals surface area (Å²) in [5.74, 6) is 0.859. The number of nitrogens with one attached hydrogen (secondary N) is 1. The summed E-state index contributed by atoms with van der Waals surface area (Å²) >= 11 is 0. The van der Waals surface area contributed by atoms with Gasteiger partial charge in [-0.2, -0.15) is 5.10 Å². The zero-order valence-corrected chi connectivity index (χ0v) is 24.0. The van der Waals surface area contributed by atoms with E-state index in [1.807, 2.05) is 61.5 Å². The molecule has 0 spiro atoms. The van der Waals surface area contributed by atoms with Crippen LogP contribution in [0.4, 0.5) is 0 Å². The first kappa shape index (κ1) is 28.9. The maximum absolute atomic E-state index is 13.1. The molecular weight excluding hydrogens is 544 g/mol. The summed E-state index contributed by atoms with van der Waals surface area (Å²) < 4.78 is 22.2. The molecule has 0 fully saturated rings. The topological polar surface area (TPSA) is 95.5 Å². The van der Waals surface area contributed by atoms with E-state index in [4.69, 9.17) is 18.9 Å². The van der Waals surface area contributed by atoms with E-state index in [1.165, 1.54) is 26.0 Å². The van der Waals surface area contributed by atoms with Crippen LogP contribution in [0.25, 0.3) is 10.8 Å². The van der Waals surface area contributed by atoms with Gasteiger partial charge in [-0.1, -0.05) is 60.2 Å². The Bertz CT molecular complexity index is 1780. The highest BCUT2D eigenvalue weighted by Gasteiger charge is 2.16. The van der Waals surface area contributed by atoms with Gasteiger partial charge in [0.25, 0.3) is 5.91 Å². The molecule has 43 heavy (non-hydrogen) atoms. The SMILES string of the molecule is COc1ccc(C(=O)Oc2ccc3ccccc3c2/C=N\NC(=O)c2ccc(OCc3ccc(C)cc3)cc2)cc1OC. The number of hydrogen-bond donors (Lipinski definition) is 1. The first-order valence-corrected chi connectivity index (χ1v) is 13.5. The molecule has 0 unspecified atom stereocenters. The molecule has 0 aliphatic rings. The van der Waals surface area contributed by atoms with Crippen molar-refractivity contribution in [1.82, 2.24) is 5.43 Å². The molecule has 8 nitrogen and oxygen atoms in total. The van der Waals surface area contributed by atoms with Crippen molar-refractivity contribution in [1.29, 1.82) is 0 Å². The largest absolute Gasteiger partial charge is 0.493 e. The molecule has 0 heterocycles. The first-order valence-electron chi connectivity index (χ1n) is 13.5. The quantitative estimate of drug-likeness (QED) is 0.0860. The van der Waals surface area contributed by atoms with Crippen LogP contribution in [-0.2, 0) is 6.61 Å². The van der Waals surface area contributed by atoms with Gasteiger partial charge in [0.2, 0.25) is 0 Å². The maximum atomic E-state index is 13.1. The Morgan fingerprint density at radius 1 is 0.767 bits per heavy atom. The van der Waals surface area contributed by atoms with Crippen LogP contribution in [0, 0.1) is 6.92 Å². The van der Waals surface area contributed by atoms with E-state index in [-0.39, 0.29) is 11.3 Å². The molecule has 5 aromatic rings. The van der Waals surface area contributed by atoms with Crippen LogP contribution in [0.3, 0.4) is 0 Å². The maximum Gasteiger partial charge on any atom is 0.343 e. The Labute approximate surface area is 249 Å². The van der Waals surface area contributed by atoms with Gasteiger partial charge in [-0.3, -0.25) is 4.79 Å². The number of carbonyl (C=O) groups excluding carboxylic acids is 2. The smallest absolute Gasteiger partial charge is 0.343 e. The highest BCUT2D eigenvalue weighted by atomic mass is 16.5. The van der Waals surface area contributed by atoms with Gasteiger partial charge in [-0.05, 0) is 71.8 Å². The van der Waals surface area contributed by atoms with Crippen LogP contribution in [-0.4, -0.2) is 32.3 Å². The molecule has 0 aliphatic carbocycles. The van der Waals surface area contributed by atoms with Crippen molar-refractivity contribution in [2.24, 2.45) is 5.10 Å². The van der Waals surface area contributed by atoms with Gasteiger partial charge < -0.3 is 18.9 Å². The van der Waals surface area contributed by atoms with Gasteiger partial charge in [0.1, 0.15) is 18.1 Å². The van der Waals surface area contributed by atoms with Crippen molar-refractivity contribution in [2.45, 2.75) is 13.5 Å². The zero-order valence-electron chi connectivity index (χ0n) is 24.0. The minimum Gasteiger partial charge on any atom is -0.493 e. The number of ether oxygens (including phenoxy) is 4. The Hall–Kier alpha value is -5.63. The van der Waals surface area contributed by atoms with Gasteiger partial charge in [0.05, 0.1) is 26.0 Å². The van der Waals surface area contributed by atoms with Gasteiger partial charge in [0, 0.05) is 11.1 Å². The number of hydrogen-bond acceptors (Lipinski definition) is 7. The summed E-state index contributed by atoms with van der Waals surface area (Å²) in [6, 6.07) is 30.9. The molecule has 5 aromatic carbocycles. The molecule has 0 aliphatic heterocycles. The molecule has 0 saturated carbocycles. The summed E-state index contributed by atoms with van der Waals surface area (Å²) in [4.78, 5) is 25.9. The number of methoxy groups -OCH3 is 2. The fourth-order valence-electron chi connectivity index (χ4n) is 4.39.